The van der Waals surface area contributed by atoms with Crippen molar-refractivity contribution in [3.63, 3.8) is 0 Å². The second-order valence-electron chi connectivity index (χ2n) is 9.36. The number of aryl methyl sites for hydroxylation is 1. The van der Waals surface area contributed by atoms with Gasteiger partial charge in [-0.15, -0.1) is 0 Å². The van der Waals surface area contributed by atoms with Crippen molar-refractivity contribution in [2.45, 2.75) is 29.7 Å². The van der Waals surface area contributed by atoms with E-state index in [1.807, 2.05) is 31.2 Å². The molecule has 0 saturated carbocycles. The zero-order valence-electron chi connectivity index (χ0n) is 21.0. The number of ether oxygens (including phenoxy) is 2. The maximum Gasteiger partial charge on any atom is 0.305 e. The molecular formula is C29H23ClN2O5S2. The summed E-state index contributed by atoms with van der Waals surface area (Å²) < 4.78 is 11.5. The van der Waals surface area contributed by atoms with Crippen LogP contribution in [0.2, 0.25) is 5.02 Å². The summed E-state index contributed by atoms with van der Waals surface area (Å²) in [5.41, 5.74) is 3.26. The zero-order chi connectivity index (χ0) is 27.3. The number of H-pyrrole nitrogens is 1. The third-order valence-electron chi connectivity index (χ3n) is 7.11. The number of hydrogen-bond donors (Lipinski definition) is 1. The molecule has 2 amide bonds. The quantitative estimate of drug-likeness (QED) is 0.292. The van der Waals surface area contributed by atoms with Crippen LogP contribution in [0.3, 0.4) is 0 Å². The summed E-state index contributed by atoms with van der Waals surface area (Å²) in [6.45, 7) is 2.34. The molecule has 3 heterocycles. The van der Waals surface area contributed by atoms with Crippen molar-refractivity contribution in [2.75, 3.05) is 12.0 Å². The van der Waals surface area contributed by atoms with Gasteiger partial charge in [-0.2, -0.15) is 0 Å². The molecule has 4 aromatic rings. The Hall–Kier alpha value is -3.53. The van der Waals surface area contributed by atoms with Crippen LogP contribution in [-0.4, -0.2) is 29.2 Å². The lowest BCUT2D eigenvalue weighted by molar-refractivity contribution is -0.122. The smallest absolute Gasteiger partial charge is 0.305 e. The van der Waals surface area contributed by atoms with Gasteiger partial charge in [0.2, 0.25) is 11.8 Å². The number of thiazole rings is 1. The first-order valence-corrected chi connectivity index (χ1v) is 14.3. The third-order valence-corrected chi connectivity index (χ3v) is 9.74. The summed E-state index contributed by atoms with van der Waals surface area (Å²) in [5.74, 6) is -0.829. The minimum Gasteiger partial charge on any atom is -0.497 e. The Kier molecular flexibility index (Phi) is 6.74. The first kappa shape index (κ1) is 25.7. The van der Waals surface area contributed by atoms with Gasteiger partial charge in [-0.3, -0.25) is 14.4 Å². The van der Waals surface area contributed by atoms with Gasteiger partial charge >= 0.3 is 4.87 Å². The van der Waals surface area contributed by atoms with Crippen molar-refractivity contribution in [2.24, 2.45) is 5.92 Å². The SMILES string of the molecule is COc1ccc(N2C(=O)C3Sc4[nH]c(=O)sc4[C@H](c4cc(Cl)ccc4OCc4ccccc4C)C3C2=O)cc1. The normalized spacial score (nSPS) is 20.1. The number of thioether (sulfide) groups is 1. The van der Waals surface area contributed by atoms with Gasteiger partial charge in [0.1, 0.15) is 23.4 Å². The first-order valence-electron chi connectivity index (χ1n) is 12.2. The lowest BCUT2D eigenvalue weighted by atomic mass is 9.82. The van der Waals surface area contributed by atoms with Gasteiger partial charge in [-0.05, 0) is 60.5 Å². The highest BCUT2D eigenvalue weighted by Gasteiger charge is 2.56. The van der Waals surface area contributed by atoms with E-state index in [2.05, 4.69) is 4.98 Å². The Morgan fingerprint density at radius 1 is 1.00 bits per heavy atom. The number of halogens is 1. The number of carbonyl (C=O) groups excluding carboxylic acids is 2. The fourth-order valence-electron chi connectivity index (χ4n) is 5.16. The number of aromatic nitrogens is 1. The molecule has 0 bridgehead atoms. The minimum atomic E-state index is -0.747. The minimum absolute atomic E-state index is 0.242. The molecule has 10 heteroatoms. The maximum absolute atomic E-state index is 14.0. The molecule has 2 unspecified atom stereocenters. The molecule has 6 rings (SSSR count). The van der Waals surface area contributed by atoms with E-state index in [-0.39, 0.29) is 16.7 Å². The van der Waals surface area contributed by atoms with E-state index in [0.717, 1.165) is 22.5 Å². The molecule has 1 saturated heterocycles. The fraction of sp³-hybridized carbons (Fsp3) is 0.207. The number of hydrogen-bond acceptors (Lipinski definition) is 7. The zero-order valence-corrected chi connectivity index (χ0v) is 23.4. The van der Waals surface area contributed by atoms with Crippen LogP contribution in [0.5, 0.6) is 11.5 Å². The first-order chi connectivity index (χ1) is 18.9. The number of methoxy groups -OCH3 is 1. The van der Waals surface area contributed by atoms with Crippen molar-refractivity contribution in [1.29, 1.82) is 0 Å². The van der Waals surface area contributed by atoms with Gasteiger partial charge in [0, 0.05) is 21.4 Å². The van der Waals surface area contributed by atoms with Crippen molar-refractivity contribution in [1.82, 2.24) is 4.98 Å². The number of nitrogens with one attached hydrogen (secondary N) is 1. The van der Waals surface area contributed by atoms with Crippen LogP contribution in [0.4, 0.5) is 5.69 Å². The molecule has 2 aliphatic heterocycles. The Bertz CT molecular complexity index is 1650. The summed E-state index contributed by atoms with van der Waals surface area (Å²) >= 11 is 8.75. The molecule has 198 valence electrons. The van der Waals surface area contributed by atoms with Gasteiger partial charge in [0.25, 0.3) is 0 Å². The lowest BCUT2D eigenvalue weighted by Crippen LogP contribution is -2.32. The van der Waals surface area contributed by atoms with Crippen molar-refractivity contribution >= 4 is 52.2 Å². The predicted octanol–water partition coefficient (Wildman–Crippen LogP) is 5.78. The largest absolute Gasteiger partial charge is 0.497 e. The van der Waals surface area contributed by atoms with E-state index in [4.69, 9.17) is 21.1 Å². The Balaban J connectivity index is 1.44. The summed E-state index contributed by atoms with van der Waals surface area (Å²) in [5, 5.41) is 0.348. The molecule has 39 heavy (non-hydrogen) atoms. The van der Waals surface area contributed by atoms with Crippen LogP contribution in [0.25, 0.3) is 0 Å². The highest BCUT2D eigenvalue weighted by molar-refractivity contribution is 8.00. The summed E-state index contributed by atoms with van der Waals surface area (Å²) in [6, 6.07) is 20.0. The van der Waals surface area contributed by atoms with Gasteiger partial charge in [0.15, 0.2) is 0 Å². The topological polar surface area (TPSA) is 88.7 Å². The standard InChI is InChI=1S/C29H23ClN2O5S2/c1-15-5-3-4-6-16(15)14-37-21-12-7-17(30)13-20(21)22-23-25(38-26-24(22)39-29(35)31-26)28(34)32(27(23)33)18-8-10-19(36-2)11-9-18/h3-13,22-23,25H,14H2,1-2H3,(H,31,35)/t22-,23?,25?/m1/s1. The van der Waals surface area contributed by atoms with Crippen molar-refractivity contribution in [3.05, 3.63) is 103 Å². The average Bonchev–Trinajstić information content (AvgIpc) is 3.43. The van der Waals surface area contributed by atoms with Crippen LogP contribution in [0, 0.1) is 12.8 Å². The number of carbonyl (C=O) groups is 2. The Morgan fingerprint density at radius 2 is 1.77 bits per heavy atom. The Morgan fingerprint density at radius 3 is 2.51 bits per heavy atom. The number of anilines is 1. The molecule has 0 radical (unpaired) electrons. The average molecular weight is 579 g/mol. The highest BCUT2D eigenvalue weighted by Crippen LogP contribution is 2.54. The number of imide groups is 1. The molecule has 0 aliphatic carbocycles. The molecule has 1 N–H and O–H groups in total. The van der Waals surface area contributed by atoms with Crippen molar-refractivity contribution < 1.29 is 19.1 Å². The van der Waals surface area contributed by atoms with E-state index in [9.17, 15) is 14.4 Å². The molecule has 3 aromatic carbocycles. The summed E-state index contributed by atoms with van der Waals surface area (Å²) in [7, 11) is 1.56. The lowest BCUT2D eigenvalue weighted by Gasteiger charge is -2.31. The highest BCUT2D eigenvalue weighted by atomic mass is 35.5. The molecule has 1 fully saturated rings. The number of fused-ring (bicyclic) bond motifs is 2. The van der Waals surface area contributed by atoms with E-state index < -0.39 is 17.1 Å². The van der Waals surface area contributed by atoms with E-state index in [1.165, 1.54) is 16.7 Å². The molecule has 1 aromatic heterocycles. The monoisotopic (exact) mass is 578 g/mol. The molecule has 2 aliphatic rings. The van der Waals surface area contributed by atoms with Crippen LogP contribution in [0.1, 0.15) is 27.5 Å². The van der Waals surface area contributed by atoms with Crippen molar-refractivity contribution in [3.8, 4) is 11.5 Å². The molecule has 7 nitrogen and oxygen atoms in total. The second kappa shape index (κ2) is 10.2. The van der Waals surface area contributed by atoms with Crippen LogP contribution in [-0.2, 0) is 16.2 Å². The van der Waals surface area contributed by atoms with Gasteiger partial charge in [-0.25, -0.2) is 4.90 Å². The number of rotatable bonds is 6. The maximum atomic E-state index is 14.0. The van der Waals surface area contributed by atoms with Crippen LogP contribution >= 0.6 is 34.7 Å². The van der Waals surface area contributed by atoms with Crippen LogP contribution in [0.15, 0.2) is 76.6 Å². The predicted molar refractivity (Wildman–Crippen MR) is 152 cm³/mol. The second-order valence-corrected chi connectivity index (χ2v) is 12.0. The van der Waals surface area contributed by atoms with Gasteiger partial charge < -0.3 is 14.5 Å². The molecule has 0 spiro atoms. The van der Waals surface area contributed by atoms with Crippen LogP contribution < -0.4 is 19.2 Å². The molecule has 3 atom stereocenters. The van der Waals surface area contributed by atoms with Gasteiger partial charge in [-0.1, -0.05) is 59.0 Å². The number of nitrogens with zero attached hydrogens (tertiary/aromatic N) is 1. The van der Waals surface area contributed by atoms with E-state index in [0.29, 0.717) is 44.3 Å². The van der Waals surface area contributed by atoms with E-state index in [1.54, 1.807) is 49.6 Å². The number of benzene rings is 3. The number of aromatic amines is 1. The number of amides is 2. The van der Waals surface area contributed by atoms with Gasteiger partial charge in [0.05, 0.1) is 23.7 Å². The fourth-order valence-corrected chi connectivity index (χ4v) is 7.85. The molecular weight excluding hydrogens is 556 g/mol. The summed E-state index contributed by atoms with van der Waals surface area (Å²) in [4.78, 5) is 44.8. The summed E-state index contributed by atoms with van der Waals surface area (Å²) in [6.07, 6.45) is 0. The third kappa shape index (κ3) is 4.54. The van der Waals surface area contributed by atoms with E-state index >= 15 is 0 Å². The Labute approximate surface area is 237 Å².